The van der Waals surface area contributed by atoms with Crippen LogP contribution in [0.2, 0.25) is 0 Å². The van der Waals surface area contributed by atoms with Crippen molar-refractivity contribution >= 4 is 12.6 Å². The summed E-state index contributed by atoms with van der Waals surface area (Å²) in [4.78, 5) is 0. The van der Waals surface area contributed by atoms with E-state index < -0.39 is 24.6 Å². The van der Waals surface area contributed by atoms with Crippen molar-refractivity contribution in [3.63, 3.8) is 0 Å². The minimum absolute atomic E-state index is 0.331. The molecule has 15 heavy (non-hydrogen) atoms. The molecule has 1 rings (SSSR count). The van der Waals surface area contributed by atoms with Crippen molar-refractivity contribution in [1.82, 2.24) is 0 Å². The van der Waals surface area contributed by atoms with Crippen molar-refractivity contribution in [3.05, 3.63) is 0 Å². The van der Waals surface area contributed by atoms with Gasteiger partial charge in [-0.15, -0.1) is 0 Å². The van der Waals surface area contributed by atoms with Gasteiger partial charge in [0, 0.05) is 11.7 Å². The zero-order valence-electron chi connectivity index (χ0n) is 8.61. The Bertz CT molecular complexity index is 189. The predicted octanol–water partition coefficient (Wildman–Crippen LogP) is -0.992. The van der Waals surface area contributed by atoms with Gasteiger partial charge in [0.2, 0.25) is 0 Å². The number of hydrogen-bond donors (Lipinski definition) is 4. The summed E-state index contributed by atoms with van der Waals surface area (Å²) in [7, 11) is 0. The van der Waals surface area contributed by atoms with E-state index in [9.17, 15) is 10.2 Å². The van der Waals surface area contributed by atoms with Crippen LogP contribution in [-0.2, 0) is 9.47 Å². The van der Waals surface area contributed by atoms with Crippen LogP contribution in [0.1, 0.15) is 6.92 Å². The van der Waals surface area contributed by atoms with Crippen LogP contribution in [-0.4, -0.2) is 58.9 Å². The number of aliphatic hydroxyl groups is 3. The van der Waals surface area contributed by atoms with Crippen LogP contribution in [0.3, 0.4) is 0 Å². The van der Waals surface area contributed by atoms with E-state index in [2.05, 4.69) is 12.6 Å². The standard InChI is InChI=1S/C9H18O5S/c1-5-7(11)8(12)6(4-10)14-9(5)13-2-3-15/h5-12,15H,2-4H2,1H3/t5-,6?,7+,8-,9?/m0/s1. The first kappa shape index (κ1) is 13.2. The van der Waals surface area contributed by atoms with Gasteiger partial charge < -0.3 is 24.8 Å². The molecule has 0 aliphatic carbocycles. The molecule has 0 amide bonds. The Morgan fingerprint density at radius 3 is 2.53 bits per heavy atom. The number of aliphatic hydroxyl groups excluding tert-OH is 3. The molecule has 1 saturated heterocycles. The van der Waals surface area contributed by atoms with E-state index in [-0.39, 0.29) is 12.5 Å². The first-order chi connectivity index (χ1) is 7.11. The van der Waals surface area contributed by atoms with E-state index in [1.807, 2.05) is 0 Å². The maximum absolute atomic E-state index is 9.68. The van der Waals surface area contributed by atoms with E-state index >= 15 is 0 Å². The fourth-order valence-electron chi connectivity index (χ4n) is 1.58. The Labute approximate surface area is 94.4 Å². The van der Waals surface area contributed by atoms with Crippen LogP contribution in [0.25, 0.3) is 0 Å². The fraction of sp³-hybridized carbons (Fsp3) is 1.00. The van der Waals surface area contributed by atoms with Gasteiger partial charge in [-0.2, -0.15) is 12.6 Å². The van der Waals surface area contributed by atoms with E-state index in [0.717, 1.165) is 0 Å². The summed E-state index contributed by atoms with van der Waals surface area (Å²) in [6, 6.07) is 0. The summed E-state index contributed by atoms with van der Waals surface area (Å²) < 4.78 is 10.6. The highest BCUT2D eigenvalue weighted by Gasteiger charge is 2.42. The molecule has 1 aliphatic heterocycles. The lowest BCUT2D eigenvalue weighted by atomic mass is 9.92. The van der Waals surface area contributed by atoms with Gasteiger partial charge in [-0.05, 0) is 0 Å². The second-order valence-corrected chi connectivity index (χ2v) is 4.11. The Balaban J connectivity index is 2.57. The largest absolute Gasteiger partial charge is 0.394 e. The molecule has 3 N–H and O–H groups in total. The van der Waals surface area contributed by atoms with Gasteiger partial charge in [0.25, 0.3) is 0 Å². The van der Waals surface area contributed by atoms with Crippen molar-refractivity contribution in [3.8, 4) is 0 Å². The second-order valence-electron chi connectivity index (χ2n) is 3.66. The monoisotopic (exact) mass is 238 g/mol. The Hall–Kier alpha value is 0.150. The van der Waals surface area contributed by atoms with Crippen LogP contribution in [0.4, 0.5) is 0 Å². The number of hydrogen-bond acceptors (Lipinski definition) is 6. The summed E-state index contributed by atoms with van der Waals surface area (Å²) in [5, 5.41) is 28.2. The number of rotatable bonds is 4. The molecule has 0 aromatic carbocycles. The van der Waals surface area contributed by atoms with Crippen LogP contribution in [0.15, 0.2) is 0 Å². The zero-order chi connectivity index (χ0) is 11.4. The highest BCUT2D eigenvalue weighted by molar-refractivity contribution is 7.80. The zero-order valence-corrected chi connectivity index (χ0v) is 9.51. The molecule has 0 aromatic heterocycles. The molecule has 5 nitrogen and oxygen atoms in total. The van der Waals surface area contributed by atoms with E-state index in [4.69, 9.17) is 14.6 Å². The molecule has 6 heteroatoms. The van der Waals surface area contributed by atoms with Crippen LogP contribution >= 0.6 is 12.6 Å². The van der Waals surface area contributed by atoms with Gasteiger partial charge in [-0.3, -0.25) is 0 Å². The van der Waals surface area contributed by atoms with Crippen molar-refractivity contribution in [2.24, 2.45) is 5.92 Å². The maximum Gasteiger partial charge on any atom is 0.163 e. The van der Waals surface area contributed by atoms with Crippen molar-refractivity contribution in [2.75, 3.05) is 19.0 Å². The Kier molecular flexibility index (Phi) is 5.31. The van der Waals surface area contributed by atoms with Crippen molar-refractivity contribution in [2.45, 2.75) is 31.5 Å². The van der Waals surface area contributed by atoms with Gasteiger partial charge >= 0.3 is 0 Å². The van der Waals surface area contributed by atoms with Crippen LogP contribution in [0, 0.1) is 5.92 Å². The third-order valence-electron chi connectivity index (χ3n) is 2.56. The van der Waals surface area contributed by atoms with E-state index in [1.54, 1.807) is 6.92 Å². The van der Waals surface area contributed by atoms with Gasteiger partial charge in [0.05, 0.1) is 19.3 Å². The van der Waals surface area contributed by atoms with Crippen LogP contribution in [0.5, 0.6) is 0 Å². The molecule has 1 aliphatic rings. The summed E-state index contributed by atoms with van der Waals surface area (Å²) in [6.07, 6.45) is -3.41. The van der Waals surface area contributed by atoms with E-state index in [1.165, 1.54) is 0 Å². The number of thiol groups is 1. The highest BCUT2D eigenvalue weighted by atomic mass is 32.1. The third kappa shape index (κ3) is 3.05. The Morgan fingerprint density at radius 1 is 1.33 bits per heavy atom. The molecule has 5 atom stereocenters. The first-order valence-electron chi connectivity index (χ1n) is 4.96. The van der Waals surface area contributed by atoms with Crippen molar-refractivity contribution in [1.29, 1.82) is 0 Å². The van der Waals surface area contributed by atoms with Gasteiger partial charge in [0.1, 0.15) is 12.2 Å². The lowest BCUT2D eigenvalue weighted by molar-refractivity contribution is -0.280. The minimum Gasteiger partial charge on any atom is -0.394 e. The lowest BCUT2D eigenvalue weighted by Crippen LogP contribution is -2.55. The minimum atomic E-state index is -1.07. The summed E-state index contributed by atoms with van der Waals surface area (Å²) in [6.45, 7) is 1.79. The summed E-state index contributed by atoms with van der Waals surface area (Å²) in [5.41, 5.74) is 0. The van der Waals surface area contributed by atoms with Crippen molar-refractivity contribution < 1.29 is 24.8 Å². The third-order valence-corrected chi connectivity index (χ3v) is 2.74. The number of ether oxygens (including phenoxy) is 2. The Morgan fingerprint density at radius 2 is 2.00 bits per heavy atom. The molecule has 1 fully saturated rings. The SMILES string of the molecule is C[C@@H]1C(OCCS)OC(CO)[C@H](O)[C@@H]1O. The molecule has 0 aromatic rings. The molecule has 0 radical (unpaired) electrons. The van der Waals surface area contributed by atoms with Gasteiger partial charge in [-0.1, -0.05) is 6.92 Å². The fourth-order valence-corrected chi connectivity index (χ4v) is 1.68. The molecule has 90 valence electrons. The normalized spacial score (nSPS) is 41.8. The van der Waals surface area contributed by atoms with E-state index in [0.29, 0.717) is 12.4 Å². The quantitative estimate of drug-likeness (QED) is 0.473. The smallest absolute Gasteiger partial charge is 0.163 e. The molecular formula is C9H18O5S. The summed E-state index contributed by atoms with van der Waals surface area (Å²) in [5.74, 6) is 0.220. The predicted molar refractivity (Wildman–Crippen MR) is 56.7 cm³/mol. The van der Waals surface area contributed by atoms with Gasteiger partial charge in [-0.25, -0.2) is 0 Å². The molecule has 1 heterocycles. The van der Waals surface area contributed by atoms with Crippen LogP contribution < -0.4 is 0 Å². The maximum atomic E-state index is 9.68. The molecule has 0 spiro atoms. The highest BCUT2D eigenvalue weighted by Crippen LogP contribution is 2.26. The molecule has 2 unspecified atom stereocenters. The molecule has 0 bridgehead atoms. The molecule has 0 saturated carbocycles. The average molecular weight is 238 g/mol. The topological polar surface area (TPSA) is 79.2 Å². The lowest BCUT2D eigenvalue weighted by Gasteiger charge is -2.40. The average Bonchev–Trinajstić information content (AvgIpc) is 2.25. The summed E-state index contributed by atoms with van der Waals surface area (Å²) >= 11 is 3.99. The van der Waals surface area contributed by atoms with Gasteiger partial charge in [0.15, 0.2) is 6.29 Å². The molecular weight excluding hydrogens is 220 g/mol. The first-order valence-corrected chi connectivity index (χ1v) is 5.60. The second kappa shape index (κ2) is 6.03.